The van der Waals surface area contributed by atoms with Crippen LogP contribution < -0.4 is 4.74 Å². The summed E-state index contributed by atoms with van der Waals surface area (Å²) in [6.07, 6.45) is 4.24. The van der Waals surface area contributed by atoms with E-state index in [-0.39, 0.29) is 11.7 Å². The van der Waals surface area contributed by atoms with Crippen LogP contribution in [0.5, 0.6) is 5.75 Å². The lowest BCUT2D eigenvalue weighted by Crippen LogP contribution is -2.38. The molecular weight excluding hydrogens is 336 g/mol. The van der Waals surface area contributed by atoms with E-state index >= 15 is 0 Å². The summed E-state index contributed by atoms with van der Waals surface area (Å²) in [6.45, 7) is 2.76. The molecule has 27 heavy (non-hydrogen) atoms. The number of hydrogen-bond acceptors (Lipinski definition) is 3. The molecular formula is C23H26N2O2. The van der Waals surface area contributed by atoms with Crippen LogP contribution in [0.4, 0.5) is 0 Å². The summed E-state index contributed by atoms with van der Waals surface area (Å²) in [5.74, 6) is 1.03. The number of aromatic nitrogens is 1. The SMILES string of the molecule is COc1cccc(C(=O)[C@H]2CCCN(Cc3cn(C)c4ccccc34)C2)c1. The van der Waals surface area contributed by atoms with Gasteiger partial charge < -0.3 is 9.30 Å². The zero-order chi connectivity index (χ0) is 18.8. The zero-order valence-corrected chi connectivity index (χ0v) is 16.0. The number of hydrogen-bond donors (Lipinski definition) is 0. The maximum Gasteiger partial charge on any atom is 0.167 e. The number of fused-ring (bicyclic) bond motifs is 1. The molecule has 0 radical (unpaired) electrons. The standard InChI is InChI=1S/C23H26N2O2/c1-24-14-19(21-10-3-4-11-22(21)24)16-25-12-6-8-18(15-25)23(26)17-7-5-9-20(13-17)27-2/h3-5,7,9-11,13-14,18H,6,8,12,15-16H2,1-2H3/t18-/m0/s1. The number of aryl methyl sites for hydroxylation is 1. The van der Waals surface area contributed by atoms with E-state index in [0.717, 1.165) is 43.8 Å². The van der Waals surface area contributed by atoms with E-state index < -0.39 is 0 Å². The molecule has 1 aromatic heterocycles. The molecule has 0 saturated carbocycles. The molecule has 4 rings (SSSR count). The lowest BCUT2D eigenvalue weighted by molar-refractivity contribution is 0.0811. The Hall–Kier alpha value is -2.59. The van der Waals surface area contributed by atoms with Crippen LogP contribution >= 0.6 is 0 Å². The first kappa shape index (κ1) is 17.8. The number of benzene rings is 2. The number of para-hydroxylation sites is 1. The molecule has 1 aliphatic heterocycles. The van der Waals surface area contributed by atoms with Crippen molar-refractivity contribution in [2.45, 2.75) is 19.4 Å². The summed E-state index contributed by atoms with van der Waals surface area (Å²) in [5.41, 5.74) is 3.35. The van der Waals surface area contributed by atoms with Gasteiger partial charge in [-0.1, -0.05) is 30.3 Å². The highest BCUT2D eigenvalue weighted by Crippen LogP contribution is 2.26. The minimum atomic E-state index is 0.0563. The second-order valence-corrected chi connectivity index (χ2v) is 7.45. The van der Waals surface area contributed by atoms with Crippen molar-refractivity contribution in [3.63, 3.8) is 0 Å². The molecule has 3 aromatic rings. The van der Waals surface area contributed by atoms with E-state index in [1.165, 1.54) is 16.5 Å². The Labute approximate surface area is 160 Å². The van der Waals surface area contributed by atoms with Crippen LogP contribution in [0.25, 0.3) is 10.9 Å². The number of ether oxygens (including phenoxy) is 1. The van der Waals surface area contributed by atoms with Gasteiger partial charge in [0.1, 0.15) is 5.75 Å². The molecule has 4 heteroatoms. The largest absolute Gasteiger partial charge is 0.497 e. The number of nitrogens with zero attached hydrogens (tertiary/aromatic N) is 2. The summed E-state index contributed by atoms with van der Waals surface area (Å²) in [6, 6.07) is 16.0. The van der Waals surface area contributed by atoms with Crippen molar-refractivity contribution in [3.05, 3.63) is 65.9 Å². The van der Waals surface area contributed by atoms with Crippen molar-refractivity contribution in [3.8, 4) is 5.75 Å². The summed E-state index contributed by atoms with van der Waals surface area (Å²) in [4.78, 5) is 15.4. The second-order valence-electron chi connectivity index (χ2n) is 7.45. The van der Waals surface area contributed by atoms with Gasteiger partial charge in [-0.15, -0.1) is 0 Å². The highest BCUT2D eigenvalue weighted by molar-refractivity contribution is 5.98. The first-order valence-electron chi connectivity index (χ1n) is 9.59. The minimum Gasteiger partial charge on any atom is -0.497 e. The number of likely N-dealkylation sites (tertiary alicyclic amines) is 1. The van der Waals surface area contributed by atoms with Crippen LogP contribution in [0.2, 0.25) is 0 Å². The molecule has 1 saturated heterocycles. The van der Waals surface area contributed by atoms with Gasteiger partial charge in [0.05, 0.1) is 7.11 Å². The van der Waals surface area contributed by atoms with Gasteiger partial charge in [-0.3, -0.25) is 9.69 Å². The predicted octanol–water partition coefficient (Wildman–Crippen LogP) is 4.28. The Bertz CT molecular complexity index is 960. The quantitative estimate of drug-likeness (QED) is 0.635. The summed E-state index contributed by atoms with van der Waals surface area (Å²) < 4.78 is 7.46. The Balaban J connectivity index is 1.50. The monoisotopic (exact) mass is 362 g/mol. The van der Waals surface area contributed by atoms with Crippen LogP contribution in [-0.2, 0) is 13.6 Å². The van der Waals surface area contributed by atoms with Gasteiger partial charge in [0.15, 0.2) is 5.78 Å². The molecule has 0 bridgehead atoms. The minimum absolute atomic E-state index is 0.0563. The maximum absolute atomic E-state index is 13.0. The van der Waals surface area contributed by atoms with Gasteiger partial charge in [0.25, 0.3) is 0 Å². The fourth-order valence-corrected chi connectivity index (χ4v) is 4.22. The van der Waals surface area contributed by atoms with Crippen LogP contribution in [0.3, 0.4) is 0 Å². The molecule has 1 atom stereocenters. The van der Waals surface area contributed by atoms with E-state index in [1.54, 1.807) is 7.11 Å². The third-order valence-corrected chi connectivity index (χ3v) is 5.60. The van der Waals surface area contributed by atoms with Crippen molar-refractivity contribution < 1.29 is 9.53 Å². The first-order valence-corrected chi connectivity index (χ1v) is 9.59. The summed E-state index contributed by atoms with van der Waals surface area (Å²) >= 11 is 0. The molecule has 0 unspecified atom stereocenters. The third-order valence-electron chi connectivity index (χ3n) is 5.60. The Morgan fingerprint density at radius 1 is 1.19 bits per heavy atom. The predicted molar refractivity (Wildman–Crippen MR) is 108 cm³/mol. The molecule has 140 valence electrons. The molecule has 0 N–H and O–H groups in total. The molecule has 1 fully saturated rings. The summed E-state index contributed by atoms with van der Waals surface area (Å²) in [7, 11) is 3.73. The van der Waals surface area contributed by atoms with E-state index in [4.69, 9.17) is 4.74 Å². The van der Waals surface area contributed by atoms with E-state index in [2.05, 4.69) is 47.0 Å². The fourth-order valence-electron chi connectivity index (χ4n) is 4.22. The zero-order valence-electron chi connectivity index (χ0n) is 16.0. The van der Waals surface area contributed by atoms with Gasteiger partial charge in [0, 0.05) is 48.7 Å². The number of Topliss-reactive ketones (excluding diaryl/α,β-unsaturated/α-hetero) is 1. The molecule has 1 aliphatic rings. The van der Waals surface area contributed by atoms with E-state index in [0.29, 0.717) is 0 Å². The van der Waals surface area contributed by atoms with Crippen LogP contribution in [0, 0.1) is 5.92 Å². The lowest BCUT2D eigenvalue weighted by atomic mass is 9.89. The fraction of sp³-hybridized carbons (Fsp3) is 0.348. The van der Waals surface area contributed by atoms with Crippen LogP contribution in [-0.4, -0.2) is 35.4 Å². The van der Waals surface area contributed by atoms with Gasteiger partial charge >= 0.3 is 0 Å². The van der Waals surface area contributed by atoms with E-state index in [9.17, 15) is 4.79 Å². The van der Waals surface area contributed by atoms with Crippen LogP contribution in [0.15, 0.2) is 54.7 Å². The molecule has 2 heterocycles. The normalized spacial score (nSPS) is 17.9. The number of rotatable bonds is 5. The molecule has 2 aromatic carbocycles. The number of ketones is 1. The van der Waals surface area contributed by atoms with Crippen molar-refractivity contribution >= 4 is 16.7 Å². The Kier molecular flexibility index (Phi) is 4.99. The number of piperidine rings is 1. The molecule has 4 nitrogen and oxygen atoms in total. The van der Waals surface area contributed by atoms with Crippen LogP contribution in [0.1, 0.15) is 28.8 Å². The topological polar surface area (TPSA) is 34.5 Å². The average Bonchev–Trinajstić information content (AvgIpc) is 3.03. The second kappa shape index (κ2) is 7.57. The number of carbonyl (C=O) groups excluding carboxylic acids is 1. The van der Waals surface area contributed by atoms with Gasteiger partial charge in [0.2, 0.25) is 0 Å². The Morgan fingerprint density at radius 2 is 2.04 bits per heavy atom. The highest BCUT2D eigenvalue weighted by Gasteiger charge is 2.27. The Morgan fingerprint density at radius 3 is 2.89 bits per heavy atom. The number of carbonyl (C=O) groups is 1. The van der Waals surface area contributed by atoms with Crippen molar-refractivity contribution in [1.29, 1.82) is 0 Å². The van der Waals surface area contributed by atoms with Gasteiger partial charge in [-0.05, 0) is 43.1 Å². The van der Waals surface area contributed by atoms with Crippen molar-refractivity contribution in [2.75, 3.05) is 20.2 Å². The van der Waals surface area contributed by atoms with Gasteiger partial charge in [-0.25, -0.2) is 0 Å². The van der Waals surface area contributed by atoms with Gasteiger partial charge in [-0.2, -0.15) is 0 Å². The third kappa shape index (κ3) is 3.62. The molecule has 0 amide bonds. The maximum atomic E-state index is 13.0. The lowest BCUT2D eigenvalue weighted by Gasteiger charge is -2.32. The van der Waals surface area contributed by atoms with Crippen molar-refractivity contribution in [2.24, 2.45) is 13.0 Å². The molecule has 0 aliphatic carbocycles. The average molecular weight is 362 g/mol. The smallest absolute Gasteiger partial charge is 0.167 e. The van der Waals surface area contributed by atoms with E-state index in [1.807, 2.05) is 24.3 Å². The van der Waals surface area contributed by atoms with Crippen molar-refractivity contribution in [1.82, 2.24) is 9.47 Å². The summed E-state index contributed by atoms with van der Waals surface area (Å²) in [5, 5.41) is 1.31. The number of methoxy groups -OCH3 is 1. The first-order chi connectivity index (χ1) is 13.2. The molecule has 0 spiro atoms. The highest BCUT2D eigenvalue weighted by atomic mass is 16.5.